The van der Waals surface area contributed by atoms with Gasteiger partial charge in [-0.25, -0.2) is 9.67 Å². The van der Waals surface area contributed by atoms with Gasteiger partial charge in [0, 0.05) is 50.3 Å². The summed E-state index contributed by atoms with van der Waals surface area (Å²) in [4.78, 5) is 11.2. The van der Waals surface area contributed by atoms with Gasteiger partial charge < -0.3 is 14.8 Å². The van der Waals surface area contributed by atoms with Crippen molar-refractivity contribution in [3.8, 4) is 5.69 Å². The van der Waals surface area contributed by atoms with Crippen LogP contribution in [0.4, 0.5) is 0 Å². The lowest BCUT2D eigenvalue weighted by molar-refractivity contribution is 0.189. The molecule has 7 heteroatoms. The molecule has 2 aromatic heterocycles. The van der Waals surface area contributed by atoms with Gasteiger partial charge >= 0.3 is 0 Å². The van der Waals surface area contributed by atoms with Gasteiger partial charge in [0.05, 0.1) is 23.8 Å². The number of imidazole rings is 1. The van der Waals surface area contributed by atoms with Crippen molar-refractivity contribution in [2.45, 2.75) is 39.8 Å². The fourth-order valence-corrected chi connectivity index (χ4v) is 4.35. The van der Waals surface area contributed by atoms with E-state index in [1.165, 1.54) is 5.56 Å². The molecule has 0 saturated carbocycles. The Morgan fingerprint density at radius 3 is 2.73 bits per heavy atom. The van der Waals surface area contributed by atoms with E-state index in [0.29, 0.717) is 18.5 Å². The van der Waals surface area contributed by atoms with E-state index in [9.17, 15) is 0 Å². The number of aryl methyl sites for hydroxylation is 1. The fraction of sp³-hybridized carbons (Fsp3) is 0.435. The highest BCUT2D eigenvalue weighted by Gasteiger charge is 2.29. The number of rotatable bonds is 4. The maximum absolute atomic E-state index is 4.77. The van der Waals surface area contributed by atoms with Crippen LogP contribution in [0.5, 0.6) is 0 Å². The van der Waals surface area contributed by atoms with Gasteiger partial charge in [-0.2, -0.15) is 5.10 Å². The zero-order valence-electron chi connectivity index (χ0n) is 18.3. The third kappa shape index (κ3) is 3.97. The second-order valence-electron chi connectivity index (χ2n) is 8.09. The summed E-state index contributed by atoms with van der Waals surface area (Å²) >= 11 is 0. The van der Waals surface area contributed by atoms with Gasteiger partial charge in [0.25, 0.3) is 0 Å². The predicted molar refractivity (Wildman–Crippen MR) is 120 cm³/mol. The molecule has 7 nitrogen and oxygen atoms in total. The molecule has 0 aliphatic carbocycles. The molecule has 0 spiro atoms. The Kier molecular flexibility index (Phi) is 5.88. The molecule has 2 unspecified atom stereocenters. The van der Waals surface area contributed by atoms with Crippen LogP contribution in [0.2, 0.25) is 0 Å². The number of aromatic nitrogens is 4. The van der Waals surface area contributed by atoms with Gasteiger partial charge in [-0.05, 0) is 38.3 Å². The smallest absolute Gasteiger partial charge is 0.193 e. The number of nitrogens with zero attached hydrogens (tertiary/aromatic N) is 6. The zero-order chi connectivity index (χ0) is 21.1. The lowest BCUT2D eigenvalue weighted by atomic mass is 9.93. The summed E-state index contributed by atoms with van der Waals surface area (Å²) in [7, 11) is 1.86. The molecule has 3 aromatic rings. The molecule has 158 valence electrons. The monoisotopic (exact) mass is 405 g/mol. The Hall–Kier alpha value is -3.09. The summed E-state index contributed by atoms with van der Waals surface area (Å²) in [5.74, 6) is 1.56. The number of guanidine groups is 1. The molecule has 0 amide bonds. The summed E-state index contributed by atoms with van der Waals surface area (Å²) in [6.45, 7) is 9.17. The molecule has 4 rings (SSSR count). The van der Waals surface area contributed by atoms with Crippen LogP contribution >= 0.6 is 0 Å². The molecule has 3 heterocycles. The summed E-state index contributed by atoms with van der Waals surface area (Å²) in [6, 6.07) is 10.7. The van der Waals surface area contributed by atoms with E-state index >= 15 is 0 Å². The molecule has 1 saturated heterocycles. The Morgan fingerprint density at radius 2 is 2.03 bits per heavy atom. The minimum Gasteiger partial charge on any atom is -0.352 e. The molecule has 2 atom stereocenters. The van der Waals surface area contributed by atoms with Gasteiger partial charge in [-0.15, -0.1) is 0 Å². The molecular weight excluding hydrogens is 374 g/mol. The van der Waals surface area contributed by atoms with Gasteiger partial charge in [0.1, 0.15) is 0 Å². The SMILES string of the molecule is CN=C(NCc1c(C)nn(-c2ccccc2)c1C)N1CCC(C)C(n2ccnc2)C1. The Morgan fingerprint density at radius 1 is 1.23 bits per heavy atom. The average Bonchev–Trinajstić information content (AvgIpc) is 3.39. The number of piperidine rings is 1. The first-order valence-electron chi connectivity index (χ1n) is 10.6. The highest BCUT2D eigenvalue weighted by Crippen LogP contribution is 2.27. The lowest BCUT2D eigenvalue weighted by Crippen LogP contribution is -2.48. The van der Waals surface area contributed by atoms with E-state index in [4.69, 9.17) is 5.10 Å². The summed E-state index contributed by atoms with van der Waals surface area (Å²) in [6.07, 6.45) is 6.97. The van der Waals surface area contributed by atoms with Crippen LogP contribution in [0.1, 0.15) is 36.3 Å². The maximum Gasteiger partial charge on any atom is 0.193 e. The van der Waals surface area contributed by atoms with Crippen LogP contribution in [-0.4, -0.2) is 50.3 Å². The highest BCUT2D eigenvalue weighted by atomic mass is 15.3. The normalized spacial score (nSPS) is 19.9. The first-order chi connectivity index (χ1) is 14.6. The maximum atomic E-state index is 4.77. The van der Waals surface area contributed by atoms with Crippen molar-refractivity contribution in [1.29, 1.82) is 0 Å². The van der Waals surface area contributed by atoms with Crippen LogP contribution in [0, 0.1) is 19.8 Å². The van der Waals surface area contributed by atoms with Crippen molar-refractivity contribution in [1.82, 2.24) is 29.5 Å². The van der Waals surface area contributed by atoms with E-state index in [2.05, 4.69) is 63.9 Å². The van der Waals surface area contributed by atoms with Crippen molar-refractivity contribution in [2.75, 3.05) is 20.1 Å². The predicted octanol–water partition coefficient (Wildman–Crippen LogP) is 3.34. The van der Waals surface area contributed by atoms with Gasteiger partial charge in [0.15, 0.2) is 5.96 Å². The number of benzene rings is 1. The topological polar surface area (TPSA) is 63.3 Å². The third-order valence-corrected chi connectivity index (χ3v) is 6.20. The highest BCUT2D eigenvalue weighted by molar-refractivity contribution is 5.80. The van der Waals surface area contributed by atoms with Crippen molar-refractivity contribution >= 4 is 5.96 Å². The minimum atomic E-state index is 0.407. The molecule has 1 fully saturated rings. The van der Waals surface area contributed by atoms with Crippen LogP contribution in [0.25, 0.3) is 5.69 Å². The average molecular weight is 406 g/mol. The number of hydrogen-bond acceptors (Lipinski definition) is 3. The van der Waals surface area contributed by atoms with Crippen molar-refractivity contribution in [3.63, 3.8) is 0 Å². The van der Waals surface area contributed by atoms with Gasteiger partial charge in [0.2, 0.25) is 0 Å². The van der Waals surface area contributed by atoms with Crippen molar-refractivity contribution in [2.24, 2.45) is 10.9 Å². The molecule has 30 heavy (non-hydrogen) atoms. The molecule has 0 radical (unpaired) electrons. The summed E-state index contributed by atoms with van der Waals surface area (Å²) in [5, 5.41) is 8.35. The second kappa shape index (κ2) is 8.73. The quantitative estimate of drug-likeness (QED) is 0.534. The number of likely N-dealkylation sites (tertiary alicyclic amines) is 1. The van der Waals surface area contributed by atoms with Crippen molar-refractivity contribution < 1.29 is 0 Å². The minimum absolute atomic E-state index is 0.407. The van der Waals surface area contributed by atoms with E-state index < -0.39 is 0 Å². The first kappa shape index (κ1) is 20.2. The lowest BCUT2D eigenvalue weighted by Gasteiger charge is -2.39. The van der Waals surface area contributed by atoms with E-state index in [1.807, 2.05) is 42.5 Å². The molecule has 1 N–H and O–H groups in total. The number of para-hydroxylation sites is 1. The number of aliphatic imine (C=N–C) groups is 1. The van der Waals surface area contributed by atoms with E-state index in [-0.39, 0.29) is 0 Å². The molecule has 1 aliphatic heterocycles. The van der Waals surface area contributed by atoms with Crippen LogP contribution in [-0.2, 0) is 6.54 Å². The van der Waals surface area contributed by atoms with Crippen LogP contribution < -0.4 is 5.32 Å². The summed E-state index contributed by atoms with van der Waals surface area (Å²) < 4.78 is 4.25. The standard InChI is InChI=1S/C23H31N7/c1-17-10-12-28(15-22(17)29-13-11-25-16-29)23(24-4)26-14-21-18(2)27-30(19(21)3)20-8-6-5-7-9-20/h5-9,11,13,16-17,22H,10,12,14-15H2,1-4H3,(H,24,26). The molecule has 1 aromatic carbocycles. The second-order valence-corrected chi connectivity index (χ2v) is 8.09. The fourth-order valence-electron chi connectivity index (χ4n) is 4.35. The van der Waals surface area contributed by atoms with Crippen LogP contribution in [0.3, 0.4) is 0 Å². The first-order valence-corrected chi connectivity index (χ1v) is 10.6. The van der Waals surface area contributed by atoms with Gasteiger partial charge in [-0.1, -0.05) is 25.1 Å². The Bertz CT molecular complexity index is 988. The number of nitrogens with one attached hydrogen (secondary N) is 1. The Balaban J connectivity index is 1.47. The van der Waals surface area contributed by atoms with Gasteiger partial charge in [-0.3, -0.25) is 4.99 Å². The molecule has 1 aliphatic rings. The van der Waals surface area contributed by atoms with E-state index in [0.717, 1.165) is 42.5 Å². The van der Waals surface area contributed by atoms with Crippen LogP contribution in [0.15, 0.2) is 54.0 Å². The molecular formula is C23H31N7. The Labute approximate surface area is 178 Å². The number of hydrogen-bond donors (Lipinski definition) is 1. The molecule has 0 bridgehead atoms. The third-order valence-electron chi connectivity index (χ3n) is 6.20. The van der Waals surface area contributed by atoms with Crippen molar-refractivity contribution in [3.05, 3.63) is 66.0 Å². The van der Waals surface area contributed by atoms with E-state index in [1.54, 1.807) is 0 Å². The summed E-state index contributed by atoms with van der Waals surface area (Å²) in [5.41, 5.74) is 4.51. The zero-order valence-corrected chi connectivity index (χ0v) is 18.3. The largest absolute Gasteiger partial charge is 0.352 e.